The number of nitrogens with one attached hydrogen (secondary N) is 2. The normalized spacial score (nSPS) is 20.8. The van der Waals surface area contributed by atoms with Gasteiger partial charge in [-0.25, -0.2) is 9.59 Å². The zero-order valence-electron chi connectivity index (χ0n) is 11.3. The molecule has 1 aliphatic heterocycles. The van der Waals surface area contributed by atoms with Gasteiger partial charge in [0.05, 0.1) is 6.61 Å². The van der Waals surface area contributed by atoms with Gasteiger partial charge in [-0.1, -0.05) is 19.3 Å². The van der Waals surface area contributed by atoms with Crippen molar-refractivity contribution in [1.29, 1.82) is 0 Å². The summed E-state index contributed by atoms with van der Waals surface area (Å²) < 4.78 is 4.93. The van der Waals surface area contributed by atoms with Gasteiger partial charge in [-0.3, -0.25) is 0 Å². The molecule has 1 saturated carbocycles. The molecule has 0 unspecified atom stereocenters. The lowest BCUT2D eigenvalue weighted by Crippen LogP contribution is -2.47. The van der Waals surface area contributed by atoms with Gasteiger partial charge in [-0.15, -0.1) is 0 Å². The highest BCUT2D eigenvalue weighted by molar-refractivity contribution is 5.74. The van der Waals surface area contributed by atoms with Crippen LogP contribution in [0.3, 0.4) is 0 Å². The Bertz CT molecular complexity index is 316. The van der Waals surface area contributed by atoms with Crippen LogP contribution < -0.4 is 10.6 Å². The summed E-state index contributed by atoms with van der Waals surface area (Å²) in [6.07, 6.45) is 6.41. The Morgan fingerprint density at radius 2 is 2.05 bits per heavy atom. The first-order chi connectivity index (χ1) is 9.25. The smallest absolute Gasteiger partial charge is 0.409 e. The Hall–Kier alpha value is -1.46. The first-order valence-electron chi connectivity index (χ1n) is 7.22. The van der Waals surface area contributed by atoms with Crippen LogP contribution in [0.15, 0.2) is 0 Å². The molecule has 6 heteroatoms. The van der Waals surface area contributed by atoms with E-state index in [0.29, 0.717) is 32.3 Å². The lowest BCUT2D eigenvalue weighted by atomic mass is 9.96. The monoisotopic (exact) mass is 269 g/mol. The first kappa shape index (κ1) is 14.0. The summed E-state index contributed by atoms with van der Waals surface area (Å²) in [6, 6.07) is 0.186. The molecule has 0 bridgehead atoms. The van der Waals surface area contributed by atoms with Gasteiger partial charge in [0, 0.05) is 25.7 Å². The molecule has 2 aliphatic rings. The second-order valence-corrected chi connectivity index (χ2v) is 5.19. The molecule has 0 aromatic carbocycles. The van der Waals surface area contributed by atoms with Crippen molar-refractivity contribution in [3.8, 4) is 0 Å². The Balaban J connectivity index is 1.59. The topological polar surface area (TPSA) is 70.7 Å². The van der Waals surface area contributed by atoms with Crippen LogP contribution in [0.25, 0.3) is 0 Å². The predicted octanol–water partition coefficient (Wildman–Crippen LogP) is 1.46. The zero-order valence-corrected chi connectivity index (χ0v) is 11.3. The molecule has 108 valence electrons. The van der Waals surface area contributed by atoms with Gasteiger partial charge in [0.15, 0.2) is 0 Å². The maximum atomic E-state index is 11.7. The highest BCUT2D eigenvalue weighted by Gasteiger charge is 2.19. The third-order valence-corrected chi connectivity index (χ3v) is 3.66. The number of hydrogen-bond donors (Lipinski definition) is 2. The van der Waals surface area contributed by atoms with Crippen molar-refractivity contribution in [3.05, 3.63) is 0 Å². The van der Waals surface area contributed by atoms with Crippen molar-refractivity contribution in [1.82, 2.24) is 15.5 Å². The summed E-state index contributed by atoms with van der Waals surface area (Å²) in [6.45, 7) is 2.19. The molecule has 1 aliphatic carbocycles. The van der Waals surface area contributed by atoms with Crippen molar-refractivity contribution in [2.75, 3.05) is 26.2 Å². The minimum atomic E-state index is -0.277. The van der Waals surface area contributed by atoms with Gasteiger partial charge in [0.2, 0.25) is 0 Å². The second kappa shape index (κ2) is 7.21. The first-order valence-corrected chi connectivity index (χ1v) is 7.22. The largest absolute Gasteiger partial charge is 0.449 e. The molecule has 6 nitrogen and oxygen atoms in total. The highest BCUT2D eigenvalue weighted by Crippen LogP contribution is 2.17. The standard InChI is InChI=1S/C13H23N3O3/c17-12(15-11-5-2-1-3-6-11)14-7-9-16-8-4-10-19-13(16)18/h11H,1-10H2,(H2,14,15,17). The van der Waals surface area contributed by atoms with Crippen LogP contribution in [0.5, 0.6) is 0 Å². The highest BCUT2D eigenvalue weighted by atomic mass is 16.6. The van der Waals surface area contributed by atoms with E-state index in [2.05, 4.69) is 10.6 Å². The van der Waals surface area contributed by atoms with Crippen LogP contribution in [0.4, 0.5) is 9.59 Å². The van der Waals surface area contributed by atoms with Gasteiger partial charge in [0.1, 0.15) is 0 Å². The van der Waals surface area contributed by atoms with E-state index in [1.165, 1.54) is 19.3 Å². The van der Waals surface area contributed by atoms with Crippen molar-refractivity contribution in [2.45, 2.75) is 44.6 Å². The van der Waals surface area contributed by atoms with E-state index in [0.717, 1.165) is 19.3 Å². The number of rotatable bonds is 4. The lowest BCUT2D eigenvalue weighted by molar-refractivity contribution is 0.0735. The van der Waals surface area contributed by atoms with Gasteiger partial charge in [-0.2, -0.15) is 0 Å². The van der Waals surface area contributed by atoms with E-state index in [4.69, 9.17) is 4.74 Å². The fourth-order valence-corrected chi connectivity index (χ4v) is 2.59. The second-order valence-electron chi connectivity index (χ2n) is 5.19. The third kappa shape index (κ3) is 4.61. The Morgan fingerprint density at radius 3 is 2.79 bits per heavy atom. The third-order valence-electron chi connectivity index (χ3n) is 3.66. The maximum Gasteiger partial charge on any atom is 0.409 e. The molecular weight excluding hydrogens is 246 g/mol. The quantitative estimate of drug-likeness (QED) is 0.811. The summed E-state index contributed by atoms with van der Waals surface area (Å²) in [4.78, 5) is 24.7. The predicted molar refractivity (Wildman–Crippen MR) is 70.9 cm³/mol. The van der Waals surface area contributed by atoms with E-state index in [1.807, 2.05) is 0 Å². The van der Waals surface area contributed by atoms with E-state index < -0.39 is 0 Å². The molecule has 0 spiro atoms. The summed E-state index contributed by atoms with van der Waals surface area (Å²) in [5.74, 6) is 0. The number of ether oxygens (including phenoxy) is 1. The Labute approximate surface area is 113 Å². The van der Waals surface area contributed by atoms with Crippen molar-refractivity contribution in [2.24, 2.45) is 0 Å². The number of amides is 3. The number of urea groups is 1. The molecule has 2 rings (SSSR count). The average Bonchev–Trinajstić information content (AvgIpc) is 2.42. The number of nitrogens with zero attached hydrogens (tertiary/aromatic N) is 1. The average molecular weight is 269 g/mol. The molecule has 0 aromatic heterocycles. The van der Waals surface area contributed by atoms with Crippen molar-refractivity contribution < 1.29 is 14.3 Å². The maximum absolute atomic E-state index is 11.7. The van der Waals surface area contributed by atoms with E-state index in [1.54, 1.807) is 4.90 Å². The van der Waals surface area contributed by atoms with Crippen molar-refractivity contribution in [3.63, 3.8) is 0 Å². The minimum absolute atomic E-state index is 0.128. The molecule has 2 fully saturated rings. The molecule has 0 radical (unpaired) electrons. The van der Waals surface area contributed by atoms with Crippen LogP contribution in [0.1, 0.15) is 38.5 Å². The zero-order chi connectivity index (χ0) is 13.5. The van der Waals surface area contributed by atoms with Crippen LogP contribution in [0, 0.1) is 0 Å². The lowest BCUT2D eigenvalue weighted by Gasteiger charge is -2.27. The van der Waals surface area contributed by atoms with Gasteiger partial charge in [-0.05, 0) is 19.3 Å². The molecule has 2 N–H and O–H groups in total. The van der Waals surface area contributed by atoms with E-state index in [9.17, 15) is 9.59 Å². The number of carbonyl (C=O) groups is 2. The van der Waals surface area contributed by atoms with Gasteiger partial charge < -0.3 is 20.3 Å². The molecule has 1 heterocycles. The fourth-order valence-electron chi connectivity index (χ4n) is 2.59. The van der Waals surface area contributed by atoms with Crippen LogP contribution in [-0.4, -0.2) is 49.3 Å². The van der Waals surface area contributed by atoms with Gasteiger partial charge >= 0.3 is 12.1 Å². The molecule has 0 aromatic rings. The summed E-state index contributed by atoms with van der Waals surface area (Å²) in [5, 5.41) is 5.78. The Kier molecular flexibility index (Phi) is 5.30. The Morgan fingerprint density at radius 1 is 1.26 bits per heavy atom. The van der Waals surface area contributed by atoms with Crippen LogP contribution in [0.2, 0.25) is 0 Å². The number of cyclic esters (lactones) is 1. The van der Waals surface area contributed by atoms with Gasteiger partial charge in [0.25, 0.3) is 0 Å². The van der Waals surface area contributed by atoms with Crippen LogP contribution >= 0.6 is 0 Å². The molecule has 1 saturated heterocycles. The summed E-state index contributed by atoms with van der Waals surface area (Å²) in [5.41, 5.74) is 0. The molecule has 19 heavy (non-hydrogen) atoms. The molecular formula is C13H23N3O3. The fraction of sp³-hybridized carbons (Fsp3) is 0.846. The van der Waals surface area contributed by atoms with E-state index >= 15 is 0 Å². The van der Waals surface area contributed by atoms with Crippen LogP contribution in [-0.2, 0) is 4.74 Å². The summed E-state index contributed by atoms with van der Waals surface area (Å²) in [7, 11) is 0. The number of hydrogen-bond acceptors (Lipinski definition) is 3. The van der Waals surface area contributed by atoms with Crippen molar-refractivity contribution >= 4 is 12.1 Å². The van der Waals surface area contributed by atoms with E-state index in [-0.39, 0.29) is 12.1 Å². The number of carbonyl (C=O) groups excluding carboxylic acids is 2. The SMILES string of the molecule is O=C(NCCN1CCCOC1=O)NC1CCCCC1. The molecule has 0 atom stereocenters. The minimum Gasteiger partial charge on any atom is -0.449 e. The summed E-state index contributed by atoms with van der Waals surface area (Å²) >= 11 is 0. The molecule has 3 amide bonds.